The van der Waals surface area contributed by atoms with Crippen LogP contribution in [-0.4, -0.2) is 84.0 Å². The molecule has 2 aliphatic heterocycles. The van der Waals surface area contributed by atoms with E-state index < -0.39 is 0 Å². The number of amides is 2. The summed E-state index contributed by atoms with van der Waals surface area (Å²) in [5.41, 5.74) is -0.322. The second-order valence-electron chi connectivity index (χ2n) is 8.16. The maximum atomic E-state index is 12.8. The average molecular weight is 351 g/mol. The third kappa shape index (κ3) is 4.00. The zero-order valence-electron chi connectivity index (χ0n) is 15.6. The summed E-state index contributed by atoms with van der Waals surface area (Å²) in [5.74, 6) is 0.378. The molecule has 1 N–H and O–H groups in total. The van der Waals surface area contributed by atoms with E-state index in [0.717, 1.165) is 45.2 Å². The van der Waals surface area contributed by atoms with Crippen LogP contribution in [0.5, 0.6) is 0 Å². The van der Waals surface area contributed by atoms with Crippen LogP contribution >= 0.6 is 0 Å². The Kier molecular flexibility index (Phi) is 6.00. The number of β-amino-alcohol motifs (C(OH)–C–C–N with tert-alkyl or cyclic N) is 1. The summed E-state index contributed by atoms with van der Waals surface area (Å²) in [7, 11) is 1.94. The van der Waals surface area contributed by atoms with Gasteiger partial charge in [0.1, 0.15) is 0 Å². The molecular weight excluding hydrogens is 318 g/mol. The lowest BCUT2D eigenvalue weighted by Crippen LogP contribution is -2.51. The van der Waals surface area contributed by atoms with Gasteiger partial charge in [0.15, 0.2) is 0 Å². The third-order valence-corrected chi connectivity index (χ3v) is 6.50. The number of carbonyl (C=O) groups excluding carboxylic acids is 2. The molecule has 25 heavy (non-hydrogen) atoms. The van der Waals surface area contributed by atoms with Crippen LogP contribution < -0.4 is 0 Å². The summed E-state index contributed by atoms with van der Waals surface area (Å²) in [6.07, 6.45) is 8.75. The van der Waals surface area contributed by atoms with Gasteiger partial charge >= 0.3 is 0 Å². The van der Waals surface area contributed by atoms with Crippen molar-refractivity contribution >= 4 is 11.8 Å². The van der Waals surface area contributed by atoms with Crippen LogP contribution in [0.3, 0.4) is 0 Å². The van der Waals surface area contributed by atoms with E-state index in [1.165, 1.54) is 19.3 Å². The van der Waals surface area contributed by atoms with E-state index in [-0.39, 0.29) is 23.8 Å². The lowest BCUT2D eigenvalue weighted by atomic mass is 9.78. The van der Waals surface area contributed by atoms with E-state index >= 15 is 0 Å². The van der Waals surface area contributed by atoms with Crippen molar-refractivity contribution < 1.29 is 14.7 Å². The molecule has 3 aliphatic rings. The summed E-state index contributed by atoms with van der Waals surface area (Å²) in [5, 5.41) is 9.17. The minimum Gasteiger partial charge on any atom is -0.395 e. The van der Waals surface area contributed by atoms with E-state index in [4.69, 9.17) is 5.11 Å². The summed E-state index contributed by atoms with van der Waals surface area (Å²) >= 11 is 0. The molecular formula is C19H33N3O3. The van der Waals surface area contributed by atoms with Crippen molar-refractivity contribution in [1.82, 2.24) is 14.7 Å². The van der Waals surface area contributed by atoms with Crippen LogP contribution in [0.15, 0.2) is 0 Å². The highest BCUT2D eigenvalue weighted by atomic mass is 16.3. The Morgan fingerprint density at radius 3 is 2.68 bits per heavy atom. The van der Waals surface area contributed by atoms with E-state index in [0.29, 0.717) is 25.7 Å². The highest BCUT2D eigenvalue weighted by Gasteiger charge is 2.48. The van der Waals surface area contributed by atoms with Crippen LogP contribution in [0.1, 0.15) is 51.4 Å². The molecule has 1 spiro atoms. The summed E-state index contributed by atoms with van der Waals surface area (Å²) in [4.78, 5) is 31.4. The van der Waals surface area contributed by atoms with Gasteiger partial charge in [-0.2, -0.15) is 0 Å². The monoisotopic (exact) mass is 351 g/mol. The predicted octanol–water partition coefficient (Wildman–Crippen LogP) is 1.08. The van der Waals surface area contributed by atoms with Crippen molar-refractivity contribution in [3.63, 3.8) is 0 Å². The summed E-state index contributed by atoms with van der Waals surface area (Å²) in [6, 6.07) is 0.397. The summed E-state index contributed by atoms with van der Waals surface area (Å²) in [6.45, 7) is 3.16. The molecule has 0 radical (unpaired) electrons. The molecule has 2 amide bonds. The first-order valence-corrected chi connectivity index (χ1v) is 9.94. The smallest absolute Gasteiger partial charge is 0.236 e. The molecule has 1 aliphatic carbocycles. The molecule has 0 aromatic heterocycles. The molecule has 3 fully saturated rings. The fourth-order valence-corrected chi connectivity index (χ4v) is 4.93. The minimum atomic E-state index is -0.322. The zero-order valence-corrected chi connectivity index (χ0v) is 15.6. The topological polar surface area (TPSA) is 64.1 Å². The first-order valence-electron chi connectivity index (χ1n) is 9.94. The quantitative estimate of drug-likeness (QED) is 0.805. The number of aliphatic hydroxyl groups excluding tert-OH is 1. The van der Waals surface area contributed by atoms with Crippen LogP contribution in [0.4, 0.5) is 0 Å². The fraction of sp³-hybridized carbons (Fsp3) is 0.895. The normalized spacial score (nSPS) is 28.7. The number of hydrogen-bond acceptors (Lipinski definition) is 4. The Morgan fingerprint density at radius 1 is 1.20 bits per heavy atom. The van der Waals surface area contributed by atoms with E-state index in [9.17, 15) is 9.59 Å². The van der Waals surface area contributed by atoms with Gasteiger partial charge in [0.2, 0.25) is 11.8 Å². The van der Waals surface area contributed by atoms with Crippen LogP contribution in [0.2, 0.25) is 0 Å². The standard InChI is InChI=1S/C19H33N3O3/c1-20(16-6-3-2-4-7-16)17(24)14-21-11-9-19(15-21)8-5-10-22(12-13-23)18(19)25/h16,23H,2-15H2,1H3/t19-/m0/s1. The summed E-state index contributed by atoms with van der Waals surface area (Å²) < 4.78 is 0. The van der Waals surface area contributed by atoms with Crippen LogP contribution in [0, 0.1) is 5.41 Å². The fourth-order valence-electron chi connectivity index (χ4n) is 4.93. The van der Waals surface area contributed by atoms with Crippen molar-refractivity contribution in [1.29, 1.82) is 0 Å². The molecule has 0 unspecified atom stereocenters. The van der Waals surface area contributed by atoms with E-state index in [1.807, 2.05) is 16.8 Å². The SMILES string of the molecule is CN(C(=O)CN1CC[C@@]2(CCCN(CCO)C2=O)C1)C1CCCCC1. The number of piperidine rings is 1. The van der Waals surface area contributed by atoms with Gasteiger partial charge in [-0.25, -0.2) is 0 Å². The van der Waals surface area contributed by atoms with Crippen molar-refractivity contribution in [2.24, 2.45) is 5.41 Å². The van der Waals surface area contributed by atoms with Crippen molar-refractivity contribution in [3.8, 4) is 0 Å². The molecule has 6 heteroatoms. The molecule has 1 atom stereocenters. The van der Waals surface area contributed by atoms with Gasteiger partial charge in [0.25, 0.3) is 0 Å². The second kappa shape index (κ2) is 8.04. The lowest BCUT2D eigenvalue weighted by Gasteiger charge is -2.39. The van der Waals surface area contributed by atoms with Gasteiger partial charge in [-0.15, -0.1) is 0 Å². The van der Waals surface area contributed by atoms with Gasteiger partial charge in [-0.05, 0) is 38.6 Å². The van der Waals surface area contributed by atoms with Crippen molar-refractivity contribution in [3.05, 3.63) is 0 Å². The Hall–Kier alpha value is -1.14. The van der Waals surface area contributed by atoms with Gasteiger partial charge < -0.3 is 14.9 Å². The predicted molar refractivity (Wildman–Crippen MR) is 96.0 cm³/mol. The van der Waals surface area contributed by atoms with Gasteiger partial charge in [-0.3, -0.25) is 14.5 Å². The number of carbonyl (C=O) groups is 2. The minimum absolute atomic E-state index is 0.0240. The molecule has 6 nitrogen and oxygen atoms in total. The maximum Gasteiger partial charge on any atom is 0.236 e. The van der Waals surface area contributed by atoms with Crippen LogP contribution in [0.25, 0.3) is 0 Å². The van der Waals surface area contributed by atoms with Gasteiger partial charge in [-0.1, -0.05) is 19.3 Å². The second-order valence-corrected chi connectivity index (χ2v) is 8.16. The first kappa shape index (κ1) is 18.6. The third-order valence-electron chi connectivity index (χ3n) is 6.50. The largest absolute Gasteiger partial charge is 0.395 e. The number of aliphatic hydroxyl groups is 1. The average Bonchev–Trinajstić information content (AvgIpc) is 3.03. The lowest BCUT2D eigenvalue weighted by molar-refractivity contribution is -0.146. The number of hydrogen-bond donors (Lipinski definition) is 1. The molecule has 3 rings (SSSR count). The van der Waals surface area contributed by atoms with E-state index in [1.54, 1.807) is 0 Å². The Bertz CT molecular complexity index is 490. The number of rotatable bonds is 5. The molecule has 2 saturated heterocycles. The number of likely N-dealkylation sites (tertiary alicyclic amines) is 2. The van der Waals surface area contributed by atoms with E-state index in [2.05, 4.69) is 4.90 Å². The Labute approximate surface area is 151 Å². The first-order chi connectivity index (χ1) is 12.1. The molecule has 0 bridgehead atoms. The highest BCUT2D eigenvalue weighted by molar-refractivity contribution is 5.84. The maximum absolute atomic E-state index is 12.8. The molecule has 0 aromatic carbocycles. The van der Waals surface area contributed by atoms with Crippen LogP contribution in [-0.2, 0) is 9.59 Å². The van der Waals surface area contributed by atoms with Crippen molar-refractivity contribution in [2.75, 3.05) is 46.4 Å². The van der Waals surface area contributed by atoms with Gasteiger partial charge in [0, 0.05) is 32.7 Å². The Balaban J connectivity index is 1.55. The van der Waals surface area contributed by atoms with Gasteiger partial charge in [0.05, 0.1) is 18.6 Å². The molecule has 142 valence electrons. The number of nitrogens with zero attached hydrogens (tertiary/aromatic N) is 3. The number of likely N-dealkylation sites (N-methyl/N-ethyl adjacent to an activating group) is 1. The van der Waals surface area contributed by atoms with Crippen molar-refractivity contribution in [2.45, 2.75) is 57.4 Å². The molecule has 0 aromatic rings. The Morgan fingerprint density at radius 2 is 1.96 bits per heavy atom. The molecule has 1 saturated carbocycles. The highest BCUT2D eigenvalue weighted by Crippen LogP contribution is 2.40. The zero-order chi connectivity index (χ0) is 17.9. The molecule has 2 heterocycles.